The Hall–Kier alpha value is -3.54. The van der Waals surface area contributed by atoms with Crippen LogP contribution in [-0.2, 0) is 4.79 Å². The molecule has 6 heteroatoms. The Bertz CT molecular complexity index is 881. The second-order valence-electron chi connectivity index (χ2n) is 5.99. The van der Waals surface area contributed by atoms with Gasteiger partial charge in [0.05, 0.1) is 5.69 Å². The van der Waals surface area contributed by atoms with E-state index in [9.17, 15) is 4.79 Å². The van der Waals surface area contributed by atoms with Gasteiger partial charge >= 0.3 is 0 Å². The number of amides is 1. The van der Waals surface area contributed by atoms with Gasteiger partial charge in [0, 0.05) is 20.3 Å². The van der Waals surface area contributed by atoms with Crippen molar-refractivity contribution in [1.29, 1.82) is 0 Å². The van der Waals surface area contributed by atoms with Crippen LogP contribution in [0.15, 0.2) is 72.9 Å². The van der Waals surface area contributed by atoms with Gasteiger partial charge in [-0.25, -0.2) is 4.98 Å². The van der Waals surface area contributed by atoms with E-state index in [0.717, 1.165) is 5.75 Å². The zero-order valence-corrected chi connectivity index (χ0v) is 15.3. The first-order valence-corrected chi connectivity index (χ1v) is 8.50. The maximum atomic E-state index is 12.2. The molecule has 0 saturated carbocycles. The molecule has 0 fully saturated rings. The number of nitrogens with zero attached hydrogens (tertiary/aromatic N) is 2. The number of nitrogens with one attached hydrogen (secondary N) is 1. The third-order valence-electron chi connectivity index (χ3n) is 3.66. The van der Waals surface area contributed by atoms with Crippen molar-refractivity contribution in [3.8, 4) is 17.2 Å². The van der Waals surface area contributed by atoms with Crippen molar-refractivity contribution in [1.82, 2.24) is 4.98 Å². The number of para-hydroxylation sites is 1. The summed E-state index contributed by atoms with van der Waals surface area (Å²) in [5.74, 6) is 2.48. The Morgan fingerprint density at radius 1 is 0.926 bits per heavy atom. The van der Waals surface area contributed by atoms with Crippen LogP contribution >= 0.6 is 0 Å². The summed E-state index contributed by atoms with van der Waals surface area (Å²) in [6.45, 7) is -0.0966. The van der Waals surface area contributed by atoms with Crippen LogP contribution in [0.5, 0.6) is 17.2 Å². The number of rotatable bonds is 7. The van der Waals surface area contributed by atoms with Gasteiger partial charge in [0.2, 0.25) is 0 Å². The largest absolute Gasteiger partial charge is 0.484 e. The van der Waals surface area contributed by atoms with Crippen molar-refractivity contribution in [2.45, 2.75) is 0 Å². The molecule has 0 radical (unpaired) electrons. The van der Waals surface area contributed by atoms with Crippen LogP contribution in [0.2, 0.25) is 0 Å². The lowest BCUT2D eigenvalue weighted by atomic mass is 10.3. The lowest BCUT2D eigenvalue weighted by Crippen LogP contribution is -2.22. The second-order valence-corrected chi connectivity index (χ2v) is 5.99. The highest BCUT2D eigenvalue weighted by molar-refractivity contribution is 5.94. The van der Waals surface area contributed by atoms with Crippen LogP contribution in [0.3, 0.4) is 0 Å². The summed E-state index contributed by atoms with van der Waals surface area (Å²) < 4.78 is 11.3. The van der Waals surface area contributed by atoms with E-state index in [1.807, 2.05) is 49.3 Å². The smallest absolute Gasteiger partial charge is 0.262 e. The SMILES string of the molecule is CN(C)c1ncccc1NC(=O)COc1ccc(Oc2ccccc2)cc1. The van der Waals surface area contributed by atoms with Gasteiger partial charge in [-0.2, -0.15) is 0 Å². The van der Waals surface area contributed by atoms with Gasteiger partial charge in [-0.05, 0) is 48.5 Å². The van der Waals surface area contributed by atoms with Crippen LogP contribution in [0.25, 0.3) is 0 Å². The van der Waals surface area contributed by atoms with Crippen LogP contribution < -0.4 is 19.7 Å². The number of hydrogen-bond acceptors (Lipinski definition) is 5. The van der Waals surface area contributed by atoms with Crippen LogP contribution in [-0.4, -0.2) is 31.6 Å². The molecule has 0 aliphatic rings. The third-order valence-corrected chi connectivity index (χ3v) is 3.66. The maximum absolute atomic E-state index is 12.2. The minimum absolute atomic E-state index is 0.0966. The molecule has 138 valence electrons. The molecule has 1 aromatic heterocycles. The van der Waals surface area contributed by atoms with Crippen molar-refractivity contribution < 1.29 is 14.3 Å². The highest BCUT2D eigenvalue weighted by atomic mass is 16.5. The van der Waals surface area contributed by atoms with Crippen molar-refractivity contribution in [2.24, 2.45) is 0 Å². The minimum Gasteiger partial charge on any atom is -0.484 e. The fourth-order valence-electron chi connectivity index (χ4n) is 2.41. The van der Waals surface area contributed by atoms with E-state index in [2.05, 4.69) is 10.3 Å². The number of carbonyl (C=O) groups excluding carboxylic acids is 1. The van der Waals surface area contributed by atoms with E-state index in [1.54, 1.807) is 42.6 Å². The van der Waals surface area contributed by atoms with E-state index in [-0.39, 0.29) is 12.5 Å². The second kappa shape index (κ2) is 8.71. The van der Waals surface area contributed by atoms with Crippen molar-refractivity contribution in [2.75, 3.05) is 30.9 Å². The number of ether oxygens (including phenoxy) is 2. The molecule has 0 spiro atoms. The monoisotopic (exact) mass is 363 g/mol. The lowest BCUT2D eigenvalue weighted by molar-refractivity contribution is -0.118. The molecule has 1 heterocycles. The predicted molar refractivity (Wildman–Crippen MR) is 106 cm³/mol. The van der Waals surface area contributed by atoms with Gasteiger partial charge in [-0.15, -0.1) is 0 Å². The first-order valence-electron chi connectivity index (χ1n) is 8.50. The topological polar surface area (TPSA) is 63.7 Å². The molecule has 27 heavy (non-hydrogen) atoms. The van der Waals surface area contributed by atoms with Gasteiger partial charge in [0.25, 0.3) is 5.91 Å². The normalized spacial score (nSPS) is 10.1. The highest BCUT2D eigenvalue weighted by Crippen LogP contribution is 2.24. The molecular weight excluding hydrogens is 342 g/mol. The Morgan fingerprint density at radius 3 is 2.30 bits per heavy atom. The number of pyridine rings is 1. The predicted octanol–water partition coefficient (Wildman–Crippen LogP) is 3.96. The van der Waals surface area contributed by atoms with Crippen molar-refractivity contribution in [3.63, 3.8) is 0 Å². The molecule has 2 aromatic carbocycles. The van der Waals surface area contributed by atoms with E-state index in [1.165, 1.54) is 0 Å². The Kier molecular flexibility index (Phi) is 5.89. The summed E-state index contributed by atoms with van der Waals surface area (Å²) >= 11 is 0. The minimum atomic E-state index is -0.254. The Morgan fingerprint density at radius 2 is 1.59 bits per heavy atom. The zero-order valence-electron chi connectivity index (χ0n) is 15.3. The van der Waals surface area contributed by atoms with E-state index in [0.29, 0.717) is 23.0 Å². The maximum Gasteiger partial charge on any atom is 0.262 e. The summed E-state index contributed by atoms with van der Waals surface area (Å²) in [6.07, 6.45) is 1.68. The number of anilines is 2. The molecule has 0 unspecified atom stereocenters. The first-order chi connectivity index (χ1) is 13.1. The number of carbonyl (C=O) groups is 1. The molecule has 3 rings (SSSR count). The summed E-state index contributed by atoms with van der Waals surface area (Å²) in [5, 5.41) is 2.81. The lowest BCUT2D eigenvalue weighted by Gasteiger charge is -2.16. The standard InChI is InChI=1S/C21H21N3O3/c1-24(2)21-19(9-6-14-22-21)23-20(25)15-26-16-10-12-18(13-11-16)27-17-7-4-3-5-8-17/h3-14H,15H2,1-2H3,(H,23,25). The van der Waals surface area contributed by atoms with Crippen molar-refractivity contribution in [3.05, 3.63) is 72.9 Å². The van der Waals surface area contributed by atoms with E-state index < -0.39 is 0 Å². The summed E-state index contributed by atoms with van der Waals surface area (Å²) in [5.41, 5.74) is 0.641. The Balaban J connectivity index is 1.53. The molecular formula is C21H21N3O3. The van der Waals surface area contributed by atoms with E-state index in [4.69, 9.17) is 9.47 Å². The summed E-state index contributed by atoms with van der Waals surface area (Å²) in [7, 11) is 3.74. The molecule has 3 aromatic rings. The molecule has 0 bridgehead atoms. The fourth-order valence-corrected chi connectivity index (χ4v) is 2.41. The Labute approximate surface area is 158 Å². The highest BCUT2D eigenvalue weighted by Gasteiger charge is 2.10. The van der Waals surface area contributed by atoms with Gasteiger partial charge in [-0.1, -0.05) is 18.2 Å². The molecule has 1 amide bonds. The molecule has 0 atom stereocenters. The van der Waals surface area contributed by atoms with Crippen molar-refractivity contribution >= 4 is 17.4 Å². The van der Waals surface area contributed by atoms with Gasteiger partial charge in [0.1, 0.15) is 17.2 Å². The molecule has 1 N–H and O–H groups in total. The van der Waals surface area contributed by atoms with Gasteiger partial charge in [0.15, 0.2) is 12.4 Å². The number of benzene rings is 2. The fraction of sp³-hybridized carbons (Fsp3) is 0.143. The van der Waals surface area contributed by atoms with Gasteiger partial charge < -0.3 is 19.7 Å². The molecule has 0 saturated heterocycles. The number of hydrogen-bond donors (Lipinski definition) is 1. The van der Waals surface area contributed by atoms with Crippen LogP contribution in [0.1, 0.15) is 0 Å². The third kappa shape index (κ3) is 5.22. The quantitative estimate of drug-likeness (QED) is 0.688. The molecule has 0 aliphatic heterocycles. The zero-order chi connectivity index (χ0) is 19.1. The van der Waals surface area contributed by atoms with Crippen LogP contribution in [0, 0.1) is 0 Å². The molecule has 6 nitrogen and oxygen atoms in total. The first kappa shape index (κ1) is 18.3. The summed E-state index contributed by atoms with van der Waals surface area (Å²) in [6, 6.07) is 20.2. The molecule has 0 aliphatic carbocycles. The van der Waals surface area contributed by atoms with Gasteiger partial charge in [-0.3, -0.25) is 4.79 Å². The summed E-state index contributed by atoms with van der Waals surface area (Å²) in [4.78, 5) is 18.2. The average Bonchev–Trinajstić information content (AvgIpc) is 2.68. The van der Waals surface area contributed by atoms with Crippen LogP contribution in [0.4, 0.5) is 11.5 Å². The number of aromatic nitrogens is 1. The van der Waals surface area contributed by atoms with E-state index >= 15 is 0 Å². The average molecular weight is 363 g/mol.